The lowest BCUT2D eigenvalue weighted by molar-refractivity contribution is -0.00314. The van der Waals surface area contributed by atoms with Crippen LogP contribution in [0.1, 0.15) is 62.0 Å². The molecule has 2 aliphatic rings. The van der Waals surface area contributed by atoms with Crippen LogP contribution in [0.3, 0.4) is 0 Å². The summed E-state index contributed by atoms with van der Waals surface area (Å²) >= 11 is 0. The Morgan fingerprint density at radius 2 is 1.90 bits per heavy atom. The van der Waals surface area contributed by atoms with Crippen molar-refractivity contribution in [2.24, 2.45) is 7.05 Å². The van der Waals surface area contributed by atoms with Crippen LogP contribution in [0.5, 0.6) is 0 Å². The van der Waals surface area contributed by atoms with Crippen LogP contribution in [0.2, 0.25) is 0 Å². The van der Waals surface area contributed by atoms with Crippen LogP contribution in [0.25, 0.3) is 0 Å². The van der Waals surface area contributed by atoms with Crippen molar-refractivity contribution in [2.45, 2.75) is 64.5 Å². The van der Waals surface area contributed by atoms with Crippen LogP contribution in [0.15, 0.2) is 0 Å². The lowest BCUT2D eigenvalue weighted by Crippen LogP contribution is -2.62. The molecule has 1 atom stereocenters. The molecular weight excluding hydrogens is 260 g/mol. The summed E-state index contributed by atoms with van der Waals surface area (Å²) < 4.78 is 2.04. The molecule has 1 aromatic rings. The van der Waals surface area contributed by atoms with Gasteiger partial charge in [-0.15, -0.1) is 0 Å². The van der Waals surface area contributed by atoms with Crippen LogP contribution >= 0.6 is 0 Å². The van der Waals surface area contributed by atoms with E-state index in [1.165, 1.54) is 49.1 Å². The minimum Gasteiger partial charge on any atom is -0.314 e. The van der Waals surface area contributed by atoms with Crippen molar-refractivity contribution in [2.75, 3.05) is 19.6 Å². The van der Waals surface area contributed by atoms with E-state index in [-0.39, 0.29) is 0 Å². The van der Waals surface area contributed by atoms with Gasteiger partial charge >= 0.3 is 0 Å². The third kappa shape index (κ3) is 2.53. The minimum atomic E-state index is 0.380. The molecule has 1 spiro atoms. The second-order valence-corrected chi connectivity index (χ2v) is 7.04. The van der Waals surface area contributed by atoms with Crippen molar-refractivity contribution >= 4 is 0 Å². The van der Waals surface area contributed by atoms with Crippen LogP contribution in [-0.4, -0.2) is 39.9 Å². The fourth-order valence-corrected chi connectivity index (χ4v) is 4.69. The zero-order valence-corrected chi connectivity index (χ0v) is 14.1. The summed E-state index contributed by atoms with van der Waals surface area (Å²) in [6.07, 6.45) is 6.88. The van der Waals surface area contributed by atoms with Gasteiger partial charge in [-0.2, -0.15) is 5.10 Å². The molecule has 1 N–H and O–H groups in total. The van der Waals surface area contributed by atoms with Gasteiger partial charge in [-0.05, 0) is 33.6 Å². The van der Waals surface area contributed by atoms with E-state index in [9.17, 15) is 0 Å². The Hall–Kier alpha value is -0.870. The monoisotopic (exact) mass is 290 g/mol. The number of rotatable bonds is 2. The summed E-state index contributed by atoms with van der Waals surface area (Å²) in [6.45, 7) is 10.2. The molecule has 1 aromatic heterocycles. The van der Waals surface area contributed by atoms with Gasteiger partial charge in [-0.25, -0.2) is 0 Å². The van der Waals surface area contributed by atoms with E-state index in [0.29, 0.717) is 11.6 Å². The summed E-state index contributed by atoms with van der Waals surface area (Å²) in [5.41, 5.74) is 4.35. The summed E-state index contributed by atoms with van der Waals surface area (Å²) in [4.78, 5) is 2.79. The molecule has 3 rings (SSSR count). The summed E-state index contributed by atoms with van der Waals surface area (Å²) in [7, 11) is 2.06. The van der Waals surface area contributed by atoms with E-state index in [0.717, 1.165) is 19.6 Å². The van der Waals surface area contributed by atoms with Crippen LogP contribution < -0.4 is 5.32 Å². The van der Waals surface area contributed by atoms with Crippen molar-refractivity contribution in [1.29, 1.82) is 0 Å². The van der Waals surface area contributed by atoms with Gasteiger partial charge < -0.3 is 5.32 Å². The fraction of sp³-hybridized carbons (Fsp3) is 0.824. The van der Waals surface area contributed by atoms with E-state index in [1.807, 2.05) is 4.68 Å². The molecule has 0 radical (unpaired) electrons. The van der Waals surface area contributed by atoms with Gasteiger partial charge in [-0.3, -0.25) is 9.58 Å². The Bertz CT molecular complexity index is 491. The van der Waals surface area contributed by atoms with E-state index < -0.39 is 0 Å². The smallest absolute Gasteiger partial charge is 0.0644 e. The Kier molecular flexibility index (Phi) is 4.10. The molecule has 0 amide bonds. The van der Waals surface area contributed by atoms with Gasteiger partial charge in [0.2, 0.25) is 0 Å². The number of hydrogen-bond donors (Lipinski definition) is 1. The molecule has 1 saturated carbocycles. The predicted octanol–water partition coefficient (Wildman–Crippen LogP) is 2.71. The zero-order valence-electron chi connectivity index (χ0n) is 14.1. The normalized spacial score (nSPS) is 24.4. The van der Waals surface area contributed by atoms with Crippen LogP contribution in [0, 0.1) is 13.8 Å². The van der Waals surface area contributed by atoms with Gasteiger partial charge in [0.15, 0.2) is 0 Å². The molecule has 1 aliphatic heterocycles. The lowest BCUT2D eigenvalue weighted by Gasteiger charge is -2.52. The molecule has 2 fully saturated rings. The maximum absolute atomic E-state index is 4.63. The molecule has 1 aliphatic carbocycles. The van der Waals surface area contributed by atoms with E-state index >= 15 is 0 Å². The summed E-state index contributed by atoms with van der Waals surface area (Å²) in [6, 6.07) is 0.471. The van der Waals surface area contributed by atoms with Crippen molar-refractivity contribution in [1.82, 2.24) is 20.0 Å². The standard InChI is InChI=1S/C17H30N4/c1-13-16(14(2)20(4)19-13)15(3)21-11-10-18-12-17(21)8-6-5-7-9-17/h15,18H,5-12H2,1-4H3. The topological polar surface area (TPSA) is 33.1 Å². The largest absolute Gasteiger partial charge is 0.314 e. The summed E-state index contributed by atoms with van der Waals surface area (Å²) in [5, 5.41) is 8.29. The first-order valence-electron chi connectivity index (χ1n) is 8.53. The molecular formula is C17H30N4. The molecule has 1 unspecified atom stereocenters. The van der Waals surface area contributed by atoms with Crippen LogP contribution in [-0.2, 0) is 7.05 Å². The van der Waals surface area contributed by atoms with Gasteiger partial charge in [0, 0.05) is 49.5 Å². The molecule has 1 saturated heterocycles. The SMILES string of the molecule is Cc1nn(C)c(C)c1C(C)N1CCNCC12CCCCC2. The van der Waals surface area contributed by atoms with E-state index in [4.69, 9.17) is 0 Å². The number of hydrogen-bond acceptors (Lipinski definition) is 3. The number of aromatic nitrogens is 2. The Labute approximate surface area is 128 Å². The molecule has 4 nitrogen and oxygen atoms in total. The van der Waals surface area contributed by atoms with E-state index in [2.05, 4.69) is 43.1 Å². The molecule has 0 bridgehead atoms. The minimum absolute atomic E-state index is 0.380. The molecule has 2 heterocycles. The molecule has 21 heavy (non-hydrogen) atoms. The Balaban J connectivity index is 1.92. The quantitative estimate of drug-likeness (QED) is 0.909. The maximum atomic E-state index is 4.63. The van der Waals surface area contributed by atoms with Crippen LogP contribution in [0.4, 0.5) is 0 Å². The summed E-state index contributed by atoms with van der Waals surface area (Å²) in [5.74, 6) is 0. The lowest BCUT2D eigenvalue weighted by atomic mass is 9.77. The van der Waals surface area contributed by atoms with Crippen molar-refractivity contribution in [3.8, 4) is 0 Å². The second-order valence-electron chi connectivity index (χ2n) is 7.04. The average molecular weight is 290 g/mol. The first-order chi connectivity index (χ1) is 10.1. The first-order valence-corrected chi connectivity index (χ1v) is 8.53. The van der Waals surface area contributed by atoms with Gasteiger partial charge in [-0.1, -0.05) is 19.3 Å². The third-order valence-electron chi connectivity index (χ3n) is 5.83. The van der Waals surface area contributed by atoms with Gasteiger partial charge in [0.1, 0.15) is 0 Å². The third-order valence-corrected chi connectivity index (χ3v) is 5.83. The second kappa shape index (κ2) is 5.73. The highest BCUT2D eigenvalue weighted by molar-refractivity contribution is 5.28. The first kappa shape index (κ1) is 15.0. The maximum Gasteiger partial charge on any atom is 0.0644 e. The van der Waals surface area contributed by atoms with Crippen molar-refractivity contribution in [3.05, 3.63) is 17.0 Å². The zero-order chi connectivity index (χ0) is 15.0. The highest BCUT2D eigenvalue weighted by Crippen LogP contribution is 2.40. The Morgan fingerprint density at radius 1 is 1.19 bits per heavy atom. The van der Waals surface area contributed by atoms with Gasteiger partial charge in [0.05, 0.1) is 5.69 Å². The number of nitrogens with one attached hydrogen (secondary N) is 1. The molecule has 118 valence electrons. The van der Waals surface area contributed by atoms with E-state index in [1.54, 1.807) is 0 Å². The number of piperazine rings is 1. The van der Waals surface area contributed by atoms with Crippen molar-refractivity contribution in [3.63, 3.8) is 0 Å². The fourth-order valence-electron chi connectivity index (χ4n) is 4.69. The predicted molar refractivity (Wildman–Crippen MR) is 86.5 cm³/mol. The Morgan fingerprint density at radius 3 is 2.52 bits per heavy atom. The highest BCUT2D eigenvalue weighted by atomic mass is 15.3. The number of aryl methyl sites for hydroxylation is 2. The molecule has 0 aromatic carbocycles. The number of nitrogens with zero attached hydrogens (tertiary/aromatic N) is 3. The molecule has 4 heteroatoms. The van der Waals surface area contributed by atoms with Crippen molar-refractivity contribution < 1.29 is 0 Å². The average Bonchev–Trinajstić information content (AvgIpc) is 2.73. The van der Waals surface area contributed by atoms with Gasteiger partial charge in [0.25, 0.3) is 0 Å². The highest BCUT2D eigenvalue weighted by Gasteiger charge is 2.42.